The number of carbonyl (C=O) groups is 1. The summed E-state index contributed by atoms with van der Waals surface area (Å²) in [6, 6.07) is 9.64. The number of carboxylic acids is 1. The molecule has 0 saturated carbocycles. The van der Waals surface area contributed by atoms with Crippen LogP contribution >= 0.6 is 0 Å². The van der Waals surface area contributed by atoms with Gasteiger partial charge in [-0.05, 0) is 18.7 Å². The van der Waals surface area contributed by atoms with Crippen molar-refractivity contribution in [2.75, 3.05) is 6.61 Å². The average Bonchev–Trinajstić information content (AvgIpc) is 2.43. The van der Waals surface area contributed by atoms with E-state index in [1.165, 1.54) is 12.4 Å². The molecule has 0 unspecified atom stereocenters. The molecule has 0 bridgehead atoms. The first-order valence-electron chi connectivity index (χ1n) is 5.75. The third kappa shape index (κ3) is 8.37. The van der Waals surface area contributed by atoms with E-state index in [1.54, 1.807) is 0 Å². The molecule has 21 heavy (non-hydrogen) atoms. The van der Waals surface area contributed by atoms with Gasteiger partial charge in [0.1, 0.15) is 12.3 Å². The van der Waals surface area contributed by atoms with Gasteiger partial charge in [-0.25, -0.2) is 0 Å². The first-order valence-corrected chi connectivity index (χ1v) is 5.75. The molecule has 1 heterocycles. The molecule has 0 aliphatic rings. The average molecular weight is 363 g/mol. The number of para-hydroxylation sites is 1. The van der Waals surface area contributed by atoms with Crippen molar-refractivity contribution in [2.45, 2.75) is 6.54 Å². The summed E-state index contributed by atoms with van der Waals surface area (Å²) < 4.78 is 6.10. The van der Waals surface area contributed by atoms with Crippen LogP contribution in [0.25, 0.3) is 0 Å². The van der Waals surface area contributed by atoms with E-state index in [0.717, 1.165) is 10.3 Å². The van der Waals surface area contributed by atoms with E-state index < -0.39 is 11.5 Å². The summed E-state index contributed by atoms with van der Waals surface area (Å²) in [5.74, 6) is -0.181. The van der Waals surface area contributed by atoms with Crippen LogP contribution in [-0.2, 0) is 44.0 Å². The second kappa shape index (κ2) is 11.2. The zero-order chi connectivity index (χ0) is 14.8. The van der Waals surface area contributed by atoms with Crippen LogP contribution in [-0.4, -0.2) is 27.2 Å². The van der Waals surface area contributed by atoms with Gasteiger partial charge in [-0.3, -0.25) is 9.59 Å². The quantitative estimate of drug-likeness (QED) is 0.821. The molecule has 6 nitrogen and oxygen atoms in total. The van der Waals surface area contributed by atoms with E-state index in [-0.39, 0.29) is 39.3 Å². The van der Waals surface area contributed by atoms with Crippen molar-refractivity contribution >= 4 is 5.97 Å². The van der Waals surface area contributed by atoms with E-state index in [4.69, 9.17) is 9.84 Å². The number of hydrogen-bond donors (Lipinski definition) is 1. The number of hydrogen-bond acceptors (Lipinski definition) is 4. The van der Waals surface area contributed by atoms with Gasteiger partial charge in [-0.1, -0.05) is 30.6 Å². The summed E-state index contributed by atoms with van der Waals surface area (Å²) >= 11 is 0. The van der Waals surface area contributed by atoms with E-state index >= 15 is 0 Å². The Bertz CT molecular complexity index is 587. The van der Waals surface area contributed by atoms with Crippen LogP contribution in [0.2, 0.25) is 0 Å². The first kappa shape index (κ1) is 19.5. The second-order valence-electron chi connectivity index (χ2n) is 3.53. The molecule has 0 aliphatic carbocycles. The van der Waals surface area contributed by atoms with Crippen molar-refractivity contribution in [3.8, 4) is 5.75 Å². The maximum absolute atomic E-state index is 10.7. The Morgan fingerprint density at radius 3 is 2.57 bits per heavy atom. The van der Waals surface area contributed by atoms with Crippen LogP contribution in [0.1, 0.15) is 0 Å². The molecule has 2 aromatic rings. The molecule has 7 heteroatoms. The number of rotatable bonds is 4. The molecule has 1 N–H and O–H groups in total. The first-order chi connectivity index (χ1) is 9.63. The minimum absolute atomic E-state index is 0. The molecular weight excluding hydrogens is 349 g/mol. The van der Waals surface area contributed by atoms with Crippen molar-refractivity contribution in [3.05, 3.63) is 66.2 Å². The summed E-state index contributed by atoms with van der Waals surface area (Å²) in [7, 11) is 0. The van der Waals surface area contributed by atoms with Crippen LogP contribution in [0.3, 0.4) is 0 Å². The van der Waals surface area contributed by atoms with E-state index in [1.807, 2.05) is 30.3 Å². The van der Waals surface area contributed by atoms with Crippen molar-refractivity contribution in [1.82, 2.24) is 9.55 Å². The fourth-order valence-electron chi connectivity index (χ4n) is 1.24. The van der Waals surface area contributed by atoms with Gasteiger partial charge in [0.25, 0.3) is 0 Å². The predicted molar refractivity (Wildman–Crippen MR) is 72.3 cm³/mol. The van der Waals surface area contributed by atoms with Crippen LogP contribution in [0, 0.1) is 13.1 Å². The van der Waals surface area contributed by atoms with Gasteiger partial charge < -0.3 is 26.3 Å². The molecule has 2 rings (SSSR count). The zero-order valence-electron chi connectivity index (χ0n) is 11.3. The SMILES string of the molecule is O=C(O)Cn1ccn[c-]c1=O.[CH2-]COc1ccccc1.[Y]. The predicted octanol–water partition coefficient (Wildman–Crippen LogP) is 1.03. The van der Waals surface area contributed by atoms with E-state index in [0.29, 0.717) is 6.61 Å². The number of aliphatic carboxylic acids is 1. The standard InChI is InChI=1S/C8H9O.C6H5N2O3.Y/c1-2-9-8-6-4-3-5-7-8;9-5-3-7-1-2-8(5)4-6(10)11;/h3-7H,1-2H2;1-2H,4H2,(H,10,11);/q2*-1;. The molecular formula is C14H14N2O4Y-2. The third-order valence-electron chi connectivity index (χ3n) is 2.06. The van der Waals surface area contributed by atoms with Crippen molar-refractivity contribution in [3.63, 3.8) is 0 Å². The smallest absolute Gasteiger partial charge is 0.323 e. The Kier molecular flexibility index (Phi) is 10.4. The number of carboxylic acid groups (broad SMARTS) is 1. The number of ether oxygens (including phenoxy) is 1. The van der Waals surface area contributed by atoms with Gasteiger partial charge >= 0.3 is 5.97 Å². The summed E-state index contributed by atoms with van der Waals surface area (Å²) in [5.41, 5.74) is -0.532. The number of nitrogens with zero attached hydrogens (tertiary/aromatic N) is 2. The maximum atomic E-state index is 10.7. The number of aromatic nitrogens is 2. The van der Waals surface area contributed by atoms with E-state index in [9.17, 15) is 9.59 Å². The van der Waals surface area contributed by atoms with E-state index in [2.05, 4.69) is 18.1 Å². The van der Waals surface area contributed by atoms with Crippen molar-refractivity contribution in [1.29, 1.82) is 0 Å². The van der Waals surface area contributed by atoms with Gasteiger partial charge in [0.05, 0.1) is 0 Å². The molecule has 109 valence electrons. The minimum Gasteiger partial charge on any atom is -0.525 e. The Morgan fingerprint density at radius 2 is 2.05 bits per heavy atom. The van der Waals surface area contributed by atoms with Gasteiger partial charge in [-0.2, -0.15) is 0 Å². The monoisotopic (exact) mass is 363 g/mol. The fourth-order valence-corrected chi connectivity index (χ4v) is 1.24. The molecule has 0 atom stereocenters. The molecule has 0 fully saturated rings. The van der Waals surface area contributed by atoms with Crippen molar-refractivity contribution < 1.29 is 47.3 Å². The second-order valence-corrected chi connectivity index (χ2v) is 3.53. The topological polar surface area (TPSA) is 81.4 Å². The summed E-state index contributed by atoms with van der Waals surface area (Å²) in [6.45, 7) is 3.70. The van der Waals surface area contributed by atoms with Gasteiger partial charge in [-0.15, -0.1) is 6.20 Å². The maximum Gasteiger partial charge on any atom is 0.323 e. The normalized spacial score (nSPS) is 8.81. The van der Waals surface area contributed by atoms with Crippen LogP contribution in [0.4, 0.5) is 0 Å². The molecule has 1 aromatic heterocycles. The van der Waals surface area contributed by atoms with Gasteiger partial charge in [0, 0.05) is 32.7 Å². The third-order valence-corrected chi connectivity index (χ3v) is 2.06. The Labute approximate surface area is 147 Å². The van der Waals surface area contributed by atoms with Crippen LogP contribution in [0.5, 0.6) is 5.75 Å². The van der Waals surface area contributed by atoms with Crippen LogP contribution < -0.4 is 10.3 Å². The number of benzene rings is 1. The minimum atomic E-state index is -1.06. The molecule has 0 saturated heterocycles. The molecule has 0 aliphatic heterocycles. The molecule has 0 spiro atoms. The van der Waals surface area contributed by atoms with Gasteiger partial charge in [0.15, 0.2) is 5.56 Å². The van der Waals surface area contributed by atoms with Crippen LogP contribution in [0.15, 0.2) is 47.5 Å². The molecule has 1 radical (unpaired) electrons. The Balaban J connectivity index is 0.000000370. The summed E-state index contributed by atoms with van der Waals surface area (Å²) in [6.07, 6.45) is 4.71. The summed E-state index contributed by atoms with van der Waals surface area (Å²) in [4.78, 5) is 24.3. The Hall–Kier alpha value is -1.53. The van der Waals surface area contributed by atoms with Crippen molar-refractivity contribution in [2.24, 2.45) is 0 Å². The largest absolute Gasteiger partial charge is 0.525 e. The van der Waals surface area contributed by atoms with Gasteiger partial charge in [0.2, 0.25) is 0 Å². The Morgan fingerprint density at radius 1 is 1.38 bits per heavy atom. The molecule has 0 amide bonds. The summed E-state index contributed by atoms with van der Waals surface area (Å²) in [5, 5.41) is 8.30. The zero-order valence-corrected chi connectivity index (χ0v) is 14.1. The molecule has 1 aromatic carbocycles. The fraction of sp³-hybridized carbons (Fsp3) is 0.143.